The molecule has 0 bridgehead atoms. The maximum atomic E-state index is 12.3. The van der Waals surface area contributed by atoms with Crippen molar-refractivity contribution in [1.29, 1.82) is 0 Å². The zero-order valence-corrected chi connectivity index (χ0v) is 18.5. The van der Waals surface area contributed by atoms with Gasteiger partial charge in [0.25, 0.3) is 0 Å². The molecule has 0 unspecified atom stereocenters. The van der Waals surface area contributed by atoms with Gasteiger partial charge < -0.3 is 35.4 Å². The highest BCUT2D eigenvalue weighted by molar-refractivity contribution is 5.76. The first-order chi connectivity index (χ1) is 14.8. The number of ether oxygens (including phenoxy) is 2. The first-order valence-electron chi connectivity index (χ1n) is 11.1. The summed E-state index contributed by atoms with van der Waals surface area (Å²) in [7, 11) is 1.39. The van der Waals surface area contributed by atoms with Crippen LogP contribution in [0.15, 0.2) is 0 Å². The van der Waals surface area contributed by atoms with E-state index in [0.717, 1.165) is 44.9 Å². The Kier molecular flexibility index (Phi) is 13.3. The molecule has 0 spiro atoms. The second-order valence-corrected chi connectivity index (χ2v) is 7.96. The number of esters is 1. The van der Waals surface area contributed by atoms with E-state index in [1.54, 1.807) is 0 Å². The largest absolute Gasteiger partial charge is 0.469 e. The van der Waals surface area contributed by atoms with Gasteiger partial charge in [0.05, 0.1) is 13.7 Å². The number of rotatable bonds is 14. The summed E-state index contributed by atoms with van der Waals surface area (Å²) in [6.07, 6.45) is 3.56. The molecule has 0 aromatic carbocycles. The normalized spacial score (nSPS) is 25.6. The molecule has 0 saturated carbocycles. The number of aliphatic hydroxyl groups is 3. The Labute approximate surface area is 183 Å². The fourth-order valence-corrected chi connectivity index (χ4v) is 3.58. The average Bonchev–Trinajstić information content (AvgIpc) is 2.74. The Hall–Kier alpha value is -1.75. The third kappa shape index (κ3) is 10.4. The molecular formula is C21H38N2O8. The smallest absolute Gasteiger partial charge is 0.305 e. The van der Waals surface area contributed by atoms with Gasteiger partial charge in [-0.05, 0) is 12.8 Å². The topological polar surface area (TPSA) is 154 Å². The van der Waals surface area contributed by atoms with Gasteiger partial charge in [-0.25, -0.2) is 0 Å². The fourth-order valence-electron chi connectivity index (χ4n) is 3.58. The van der Waals surface area contributed by atoms with E-state index in [2.05, 4.69) is 15.4 Å². The molecule has 180 valence electrons. The summed E-state index contributed by atoms with van der Waals surface area (Å²) in [5, 5.41) is 34.6. The fraction of sp³-hybridized carbons (Fsp3) is 0.857. The number of hydrogen-bond donors (Lipinski definition) is 5. The minimum Gasteiger partial charge on any atom is -0.469 e. The van der Waals surface area contributed by atoms with E-state index in [0.29, 0.717) is 12.8 Å². The number of hydrogen-bond acceptors (Lipinski definition) is 8. The number of carbonyl (C=O) groups is 3. The quantitative estimate of drug-likeness (QED) is 0.186. The molecule has 1 aliphatic heterocycles. The lowest BCUT2D eigenvalue weighted by molar-refractivity contribution is -0.203. The minimum atomic E-state index is -1.38. The van der Waals surface area contributed by atoms with E-state index in [1.165, 1.54) is 14.0 Å². The van der Waals surface area contributed by atoms with Crippen molar-refractivity contribution in [3.8, 4) is 0 Å². The molecule has 2 amide bonds. The van der Waals surface area contributed by atoms with Gasteiger partial charge in [-0.3, -0.25) is 14.4 Å². The molecule has 10 nitrogen and oxygen atoms in total. The Balaban J connectivity index is 2.24. The zero-order chi connectivity index (χ0) is 23.2. The highest BCUT2D eigenvalue weighted by Gasteiger charge is 2.45. The third-order valence-electron chi connectivity index (χ3n) is 5.36. The molecule has 0 aliphatic carbocycles. The van der Waals surface area contributed by atoms with Crippen LogP contribution in [-0.2, 0) is 23.9 Å². The standard InChI is InChI=1S/C21H38N2O8/c1-14(25)22-18-20(29)19(28)15(13-24)31-21(18)23-16(26)11-9-7-5-3-4-6-8-10-12-17(27)30-2/h15,18-21,24,28-29H,3-13H2,1-2H3,(H,22,25)(H,23,26)/t15-,18-,19-,20-,21-/m1/s1. The van der Waals surface area contributed by atoms with Gasteiger partial charge in [0, 0.05) is 19.8 Å². The van der Waals surface area contributed by atoms with Crippen LogP contribution in [0.25, 0.3) is 0 Å². The van der Waals surface area contributed by atoms with Gasteiger partial charge in [0.1, 0.15) is 24.4 Å². The summed E-state index contributed by atoms with van der Waals surface area (Å²) in [5.74, 6) is -0.895. The van der Waals surface area contributed by atoms with Crippen LogP contribution in [0.5, 0.6) is 0 Å². The number of unbranched alkanes of at least 4 members (excludes halogenated alkanes) is 7. The number of methoxy groups -OCH3 is 1. The molecule has 1 heterocycles. The number of nitrogens with one attached hydrogen (secondary N) is 2. The predicted molar refractivity (Wildman–Crippen MR) is 112 cm³/mol. The van der Waals surface area contributed by atoms with Crippen molar-refractivity contribution in [2.24, 2.45) is 0 Å². The van der Waals surface area contributed by atoms with E-state index in [4.69, 9.17) is 4.74 Å². The minimum absolute atomic E-state index is 0.169. The van der Waals surface area contributed by atoms with Crippen LogP contribution in [0.2, 0.25) is 0 Å². The van der Waals surface area contributed by atoms with Crippen LogP contribution >= 0.6 is 0 Å². The van der Waals surface area contributed by atoms with Crippen molar-refractivity contribution in [2.45, 2.75) is 102 Å². The van der Waals surface area contributed by atoms with Gasteiger partial charge in [-0.1, -0.05) is 38.5 Å². The molecule has 0 aromatic heterocycles. The molecule has 31 heavy (non-hydrogen) atoms. The van der Waals surface area contributed by atoms with E-state index < -0.39 is 43.1 Å². The predicted octanol–water partition coefficient (Wildman–Crippen LogP) is 0.120. The monoisotopic (exact) mass is 446 g/mol. The number of aliphatic hydroxyl groups excluding tert-OH is 3. The lowest BCUT2D eigenvalue weighted by atomic mass is 9.95. The van der Waals surface area contributed by atoms with Crippen LogP contribution < -0.4 is 10.6 Å². The van der Waals surface area contributed by atoms with Crippen LogP contribution in [0.3, 0.4) is 0 Å². The molecule has 5 N–H and O–H groups in total. The van der Waals surface area contributed by atoms with E-state index in [1.807, 2.05) is 0 Å². The highest BCUT2D eigenvalue weighted by atomic mass is 16.5. The summed E-state index contributed by atoms with van der Waals surface area (Å²) >= 11 is 0. The lowest BCUT2D eigenvalue weighted by Gasteiger charge is -2.42. The molecule has 10 heteroatoms. The third-order valence-corrected chi connectivity index (χ3v) is 5.36. The van der Waals surface area contributed by atoms with E-state index in [-0.39, 0.29) is 18.3 Å². The highest BCUT2D eigenvalue weighted by Crippen LogP contribution is 2.20. The lowest BCUT2D eigenvalue weighted by Crippen LogP contribution is -2.68. The van der Waals surface area contributed by atoms with Crippen LogP contribution in [0.4, 0.5) is 0 Å². The first-order valence-corrected chi connectivity index (χ1v) is 11.1. The van der Waals surface area contributed by atoms with Gasteiger partial charge in [-0.2, -0.15) is 0 Å². The maximum absolute atomic E-state index is 12.3. The molecule has 1 aliphatic rings. The van der Waals surface area contributed by atoms with Crippen molar-refractivity contribution in [2.75, 3.05) is 13.7 Å². The second kappa shape index (κ2) is 15.1. The van der Waals surface area contributed by atoms with Crippen molar-refractivity contribution >= 4 is 17.8 Å². The van der Waals surface area contributed by atoms with Gasteiger partial charge in [-0.15, -0.1) is 0 Å². The molecule has 0 radical (unpaired) electrons. The average molecular weight is 447 g/mol. The molecule has 0 aromatic rings. The summed E-state index contributed by atoms with van der Waals surface area (Å²) < 4.78 is 10.1. The van der Waals surface area contributed by atoms with Crippen LogP contribution in [0, 0.1) is 0 Å². The molecule has 1 saturated heterocycles. The van der Waals surface area contributed by atoms with E-state index >= 15 is 0 Å². The Bertz CT molecular complexity index is 559. The SMILES string of the molecule is COC(=O)CCCCCCCCCCC(=O)N[C@@H]1O[C@H](CO)[C@@H](O)[C@H](O)[C@H]1NC(C)=O. The first kappa shape index (κ1) is 27.3. The molecular weight excluding hydrogens is 408 g/mol. The molecule has 1 rings (SSSR count). The molecule has 1 fully saturated rings. The maximum Gasteiger partial charge on any atom is 0.305 e. The Morgan fingerprint density at radius 3 is 1.94 bits per heavy atom. The van der Waals surface area contributed by atoms with Crippen molar-refractivity contribution in [3.05, 3.63) is 0 Å². The van der Waals surface area contributed by atoms with Gasteiger partial charge in [0.2, 0.25) is 11.8 Å². The number of amides is 2. The Morgan fingerprint density at radius 1 is 0.871 bits per heavy atom. The Morgan fingerprint density at radius 2 is 1.42 bits per heavy atom. The number of carbonyl (C=O) groups excluding carboxylic acids is 3. The summed E-state index contributed by atoms with van der Waals surface area (Å²) in [4.78, 5) is 34.7. The van der Waals surface area contributed by atoms with Crippen LogP contribution in [0.1, 0.15) is 71.1 Å². The second-order valence-electron chi connectivity index (χ2n) is 7.96. The summed E-state index contributed by atoms with van der Waals surface area (Å²) in [6.45, 7) is 0.731. The van der Waals surface area contributed by atoms with Crippen molar-refractivity contribution in [3.63, 3.8) is 0 Å². The van der Waals surface area contributed by atoms with Gasteiger partial charge in [0.15, 0.2) is 6.23 Å². The van der Waals surface area contributed by atoms with Crippen molar-refractivity contribution < 1.29 is 39.2 Å². The van der Waals surface area contributed by atoms with E-state index in [9.17, 15) is 29.7 Å². The van der Waals surface area contributed by atoms with Gasteiger partial charge >= 0.3 is 5.97 Å². The zero-order valence-electron chi connectivity index (χ0n) is 18.5. The van der Waals surface area contributed by atoms with Crippen LogP contribution in [-0.4, -0.2) is 77.4 Å². The summed E-state index contributed by atoms with van der Waals surface area (Å²) in [6, 6.07) is -1.02. The molecule has 5 atom stereocenters. The summed E-state index contributed by atoms with van der Waals surface area (Å²) in [5.41, 5.74) is 0. The van der Waals surface area contributed by atoms with Crippen molar-refractivity contribution in [1.82, 2.24) is 10.6 Å².